The van der Waals surface area contributed by atoms with Crippen LogP contribution in [-0.2, 0) is 6.42 Å². The van der Waals surface area contributed by atoms with Crippen molar-refractivity contribution in [1.29, 1.82) is 0 Å². The van der Waals surface area contributed by atoms with Crippen molar-refractivity contribution < 1.29 is 0 Å². The normalized spacial score (nSPS) is 18.8. The van der Waals surface area contributed by atoms with Gasteiger partial charge in [-0.2, -0.15) is 0 Å². The van der Waals surface area contributed by atoms with Gasteiger partial charge < -0.3 is 15.5 Å². The maximum absolute atomic E-state index is 4.30. The van der Waals surface area contributed by atoms with Gasteiger partial charge in [-0.05, 0) is 37.4 Å². The van der Waals surface area contributed by atoms with Gasteiger partial charge in [-0.3, -0.25) is 4.99 Å². The van der Waals surface area contributed by atoms with E-state index >= 15 is 0 Å². The number of rotatable bonds is 6. The van der Waals surface area contributed by atoms with Crippen molar-refractivity contribution >= 4 is 29.9 Å². The van der Waals surface area contributed by atoms with Crippen LogP contribution in [-0.4, -0.2) is 50.6 Å². The molecule has 0 bridgehead atoms. The first-order valence-corrected chi connectivity index (χ1v) is 8.02. The van der Waals surface area contributed by atoms with Crippen LogP contribution in [0.25, 0.3) is 0 Å². The van der Waals surface area contributed by atoms with Crippen LogP contribution in [0.3, 0.4) is 0 Å². The van der Waals surface area contributed by atoms with Gasteiger partial charge >= 0.3 is 0 Å². The summed E-state index contributed by atoms with van der Waals surface area (Å²) in [5.41, 5.74) is 1.36. The third-order valence-corrected chi connectivity index (χ3v) is 4.15. The Morgan fingerprint density at radius 1 is 1.27 bits per heavy atom. The van der Waals surface area contributed by atoms with E-state index in [1.165, 1.54) is 31.6 Å². The average Bonchev–Trinajstić information content (AvgIpc) is 3.00. The van der Waals surface area contributed by atoms with Crippen molar-refractivity contribution in [2.45, 2.75) is 19.8 Å². The lowest BCUT2D eigenvalue weighted by molar-refractivity contribution is 0.342. The minimum Gasteiger partial charge on any atom is -0.356 e. The molecule has 1 unspecified atom stereocenters. The van der Waals surface area contributed by atoms with E-state index in [4.69, 9.17) is 0 Å². The molecular weight excluding hydrogens is 387 g/mol. The lowest BCUT2D eigenvalue weighted by Gasteiger charge is -2.16. The topological polar surface area (TPSA) is 39.7 Å². The number of benzene rings is 1. The number of nitrogens with one attached hydrogen (secondary N) is 2. The van der Waals surface area contributed by atoms with E-state index in [0.717, 1.165) is 31.4 Å². The smallest absolute Gasteiger partial charge is 0.190 e. The Bertz CT molecular complexity index is 436. The standard InChI is InChI=1S/C17H28N4.HI/c1-3-21-12-10-16(14-21)13-20-17(18-2)19-11-9-15-7-5-4-6-8-15;/h4-8,16H,3,9-14H2,1-2H3,(H2,18,19,20);1H. The molecule has 1 aliphatic rings. The number of halogens is 1. The third-order valence-electron chi connectivity index (χ3n) is 4.15. The van der Waals surface area contributed by atoms with E-state index in [1.54, 1.807) is 0 Å². The quantitative estimate of drug-likeness (QED) is 0.425. The van der Waals surface area contributed by atoms with E-state index < -0.39 is 0 Å². The van der Waals surface area contributed by atoms with Crippen LogP contribution in [0.5, 0.6) is 0 Å². The summed E-state index contributed by atoms with van der Waals surface area (Å²) in [6, 6.07) is 10.5. The van der Waals surface area contributed by atoms with Crippen LogP contribution < -0.4 is 10.6 Å². The molecule has 1 aliphatic heterocycles. The van der Waals surface area contributed by atoms with Gasteiger partial charge in [-0.15, -0.1) is 24.0 Å². The summed E-state index contributed by atoms with van der Waals surface area (Å²) in [4.78, 5) is 6.81. The Morgan fingerprint density at radius 2 is 2.05 bits per heavy atom. The third kappa shape index (κ3) is 6.52. The molecule has 0 spiro atoms. The SMILES string of the molecule is CCN1CCC(CNC(=NC)NCCc2ccccc2)C1.I. The Morgan fingerprint density at radius 3 is 2.68 bits per heavy atom. The summed E-state index contributed by atoms with van der Waals surface area (Å²) in [6.07, 6.45) is 2.32. The molecule has 1 aromatic carbocycles. The molecule has 1 atom stereocenters. The fraction of sp³-hybridized carbons (Fsp3) is 0.588. The lowest BCUT2D eigenvalue weighted by atomic mass is 10.1. The Hall–Kier alpha value is -0.820. The van der Waals surface area contributed by atoms with Crippen molar-refractivity contribution in [2.24, 2.45) is 10.9 Å². The van der Waals surface area contributed by atoms with E-state index in [1.807, 2.05) is 7.05 Å². The van der Waals surface area contributed by atoms with Crippen molar-refractivity contribution in [3.8, 4) is 0 Å². The first kappa shape index (κ1) is 19.2. The van der Waals surface area contributed by atoms with Crippen LogP contribution in [0.4, 0.5) is 0 Å². The van der Waals surface area contributed by atoms with Crippen molar-refractivity contribution in [3.63, 3.8) is 0 Å². The van der Waals surface area contributed by atoms with Gasteiger partial charge in [-0.25, -0.2) is 0 Å². The molecule has 1 saturated heterocycles. The zero-order valence-corrected chi connectivity index (χ0v) is 16.0. The second-order valence-corrected chi connectivity index (χ2v) is 5.66. The second kappa shape index (κ2) is 10.8. The summed E-state index contributed by atoms with van der Waals surface area (Å²) in [7, 11) is 1.84. The number of nitrogens with zero attached hydrogens (tertiary/aromatic N) is 2. The molecule has 1 fully saturated rings. The minimum absolute atomic E-state index is 0. The summed E-state index contributed by atoms with van der Waals surface area (Å²) in [5.74, 6) is 1.67. The maximum Gasteiger partial charge on any atom is 0.190 e. The van der Waals surface area contributed by atoms with Gasteiger partial charge in [0.05, 0.1) is 0 Å². The predicted octanol–water partition coefficient (Wildman–Crippen LogP) is 2.35. The highest BCUT2D eigenvalue weighted by Gasteiger charge is 2.20. The van der Waals surface area contributed by atoms with E-state index in [9.17, 15) is 0 Å². The molecule has 1 aromatic rings. The molecule has 0 amide bonds. The number of hydrogen-bond acceptors (Lipinski definition) is 2. The van der Waals surface area contributed by atoms with Gasteiger partial charge in [-0.1, -0.05) is 37.3 Å². The van der Waals surface area contributed by atoms with E-state index in [0.29, 0.717) is 0 Å². The molecule has 0 aliphatic carbocycles. The molecule has 4 nitrogen and oxygen atoms in total. The molecule has 2 rings (SSSR count). The van der Waals surface area contributed by atoms with Gasteiger partial charge in [0.1, 0.15) is 0 Å². The molecule has 124 valence electrons. The highest BCUT2D eigenvalue weighted by molar-refractivity contribution is 14.0. The summed E-state index contributed by atoms with van der Waals surface area (Å²) in [6.45, 7) is 7.78. The Balaban J connectivity index is 0.00000242. The first-order chi connectivity index (χ1) is 10.3. The second-order valence-electron chi connectivity index (χ2n) is 5.66. The van der Waals surface area contributed by atoms with Gasteiger partial charge in [0, 0.05) is 26.7 Å². The van der Waals surface area contributed by atoms with Crippen molar-refractivity contribution in [3.05, 3.63) is 35.9 Å². The number of hydrogen-bond donors (Lipinski definition) is 2. The highest BCUT2D eigenvalue weighted by Crippen LogP contribution is 2.14. The zero-order chi connectivity index (χ0) is 14.9. The van der Waals surface area contributed by atoms with Gasteiger partial charge in [0.25, 0.3) is 0 Å². The fourth-order valence-electron chi connectivity index (χ4n) is 2.80. The van der Waals surface area contributed by atoms with Gasteiger partial charge in [0.15, 0.2) is 5.96 Å². The molecule has 0 aromatic heterocycles. The van der Waals surface area contributed by atoms with Gasteiger partial charge in [0.2, 0.25) is 0 Å². The molecular formula is C17H29IN4. The molecule has 0 radical (unpaired) electrons. The Kier molecular flexibility index (Phi) is 9.47. The van der Waals surface area contributed by atoms with Crippen molar-refractivity contribution in [1.82, 2.24) is 15.5 Å². The van der Waals surface area contributed by atoms with Crippen molar-refractivity contribution in [2.75, 3.05) is 39.8 Å². The summed E-state index contributed by atoms with van der Waals surface area (Å²) in [5, 5.41) is 6.85. The van der Waals surface area contributed by atoms with Crippen LogP contribution in [0.1, 0.15) is 18.9 Å². The first-order valence-electron chi connectivity index (χ1n) is 8.02. The largest absolute Gasteiger partial charge is 0.356 e. The summed E-state index contributed by atoms with van der Waals surface area (Å²) >= 11 is 0. The van der Waals surface area contributed by atoms with Crippen LogP contribution >= 0.6 is 24.0 Å². The molecule has 5 heteroatoms. The minimum atomic E-state index is 0. The van der Waals surface area contributed by atoms with Crippen LogP contribution in [0.15, 0.2) is 35.3 Å². The number of aliphatic imine (C=N–C) groups is 1. The molecule has 2 N–H and O–H groups in total. The van der Waals surface area contributed by atoms with E-state index in [2.05, 4.69) is 57.8 Å². The Labute approximate surface area is 151 Å². The summed E-state index contributed by atoms with van der Waals surface area (Å²) < 4.78 is 0. The molecule has 1 heterocycles. The maximum atomic E-state index is 4.30. The number of guanidine groups is 1. The highest BCUT2D eigenvalue weighted by atomic mass is 127. The average molecular weight is 416 g/mol. The van der Waals surface area contributed by atoms with Crippen LogP contribution in [0, 0.1) is 5.92 Å². The van der Waals surface area contributed by atoms with Crippen LogP contribution in [0.2, 0.25) is 0 Å². The fourth-order valence-corrected chi connectivity index (χ4v) is 2.80. The molecule has 0 saturated carbocycles. The lowest BCUT2D eigenvalue weighted by Crippen LogP contribution is -2.41. The molecule has 22 heavy (non-hydrogen) atoms. The van der Waals surface area contributed by atoms with E-state index in [-0.39, 0.29) is 24.0 Å². The predicted molar refractivity (Wildman–Crippen MR) is 105 cm³/mol. The monoisotopic (exact) mass is 416 g/mol. The zero-order valence-electron chi connectivity index (χ0n) is 13.7. The number of likely N-dealkylation sites (tertiary alicyclic amines) is 1.